The second-order valence-corrected chi connectivity index (χ2v) is 10.2. The Hall–Kier alpha value is -3.50. The molecule has 0 fully saturated rings. The first kappa shape index (κ1) is 25.6. The van der Waals surface area contributed by atoms with Crippen molar-refractivity contribution in [1.29, 1.82) is 0 Å². The predicted octanol–water partition coefficient (Wildman–Crippen LogP) is 5.64. The van der Waals surface area contributed by atoms with Crippen LogP contribution in [0.5, 0.6) is 5.75 Å². The van der Waals surface area contributed by atoms with E-state index in [-0.39, 0.29) is 4.90 Å². The molecule has 3 aromatic carbocycles. The molecule has 4 rings (SSSR count). The zero-order valence-electron chi connectivity index (χ0n) is 19.3. The molecular weight excluding hydrogens is 510 g/mol. The molecule has 7 nitrogen and oxygen atoms in total. The fourth-order valence-corrected chi connectivity index (χ4v) is 5.53. The summed E-state index contributed by atoms with van der Waals surface area (Å²) in [6, 6.07) is 14.1. The average Bonchev–Trinajstić information content (AvgIpc) is 3.38. The smallest absolute Gasteiger partial charge is 0.264 e. The highest BCUT2D eigenvalue weighted by atomic mass is 35.5. The van der Waals surface area contributed by atoms with E-state index in [4.69, 9.17) is 16.3 Å². The van der Waals surface area contributed by atoms with Crippen LogP contribution in [-0.2, 0) is 16.6 Å². The number of para-hydroxylation sites is 1. The summed E-state index contributed by atoms with van der Waals surface area (Å²) in [4.78, 5) is -0.116. The number of ether oxygens (including phenoxy) is 1. The molecule has 0 saturated heterocycles. The number of sulfonamides is 1. The van der Waals surface area contributed by atoms with Crippen LogP contribution in [0.25, 0.3) is 0 Å². The molecule has 0 aliphatic carbocycles. The summed E-state index contributed by atoms with van der Waals surface area (Å²) in [6.07, 6.45) is 3.85. The van der Waals surface area contributed by atoms with Crippen molar-refractivity contribution < 1.29 is 21.9 Å². The van der Waals surface area contributed by atoms with Gasteiger partial charge in [0.2, 0.25) is 0 Å². The molecule has 4 aromatic rings. The van der Waals surface area contributed by atoms with Crippen LogP contribution in [0.15, 0.2) is 84.3 Å². The number of hydrogen-bond acceptors (Lipinski definition) is 5. The molecule has 0 aliphatic heterocycles. The molecular formula is C25H23ClF2N4O3S. The Kier molecular flexibility index (Phi) is 7.85. The van der Waals surface area contributed by atoms with Gasteiger partial charge in [0, 0.05) is 23.2 Å². The summed E-state index contributed by atoms with van der Waals surface area (Å²) >= 11 is 5.93. The lowest BCUT2D eigenvalue weighted by Crippen LogP contribution is -2.34. The number of nitrogens with zero attached hydrogens (tertiary/aromatic N) is 4. The average molecular weight is 533 g/mol. The monoisotopic (exact) mass is 532 g/mol. The first-order valence-corrected chi connectivity index (χ1v) is 12.9. The Morgan fingerprint density at radius 3 is 2.44 bits per heavy atom. The van der Waals surface area contributed by atoms with E-state index in [2.05, 4.69) is 10.2 Å². The maximum absolute atomic E-state index is 15.0. The summed E-state index contributed by atoms with van der Waals surface area (Å²) in [5.41, 5.74) is 0.0721. The van der Waals surface area contributed by atoms with E-state index >= 15 is 0 Å². The lowest BCUT2D eigenvalue weighted by Gasteiger charge is -2.32. The third-order valence-electron chi connectivity index (χ3n) is 5.52. The predicted molar refractivity (Wildman–Crippen MR) is 132 cm³/mol. The van der Waals surface area contributed by atoms with Crippen molar-refractivity contribution in [2.75, 3.05) is 10.9 Å². The minimum atomic E-state index is -4.33. The van der Waals surface area contributed by atoms with E-state index < -0.39 is 33.4 Å². The van der Waals surface area contributed by atoms with Crippen LogP contribution < -0.4 is 9.04 Å². The van der Waals surface area contributed by atoms with Gasteiger partial charge in [-0.1, -0.05) is 29.8 Å². The quantitative estimate of drug-likeness (QED) is 0.247. The molecule has 0 saturated carbocycles. The normalized spacial score (nSPS) is 12.3. The third-order valence-corrected chi connectivity index (χ3v) is 7.67. The van der Waals surface area contributed by atoms with Crippen molar-refractivity contribution in [1.82, 2.24) is 14.8 Å². The van der Waals surface area contributed by atoms with Gasteiger partial charge in [-0.05, 0) is 55.8 Å². The van der Waals surface area contributed by atoms with Crippen LogP contribution in [0, 0.1) is 11.6 Å². The topological polar surface area (TPSA) is 77.3 Å². The lowest BCUT2D eigenvalue weighted by molar-refractivity contribution is 0.297. The van der Waals surface area contributed by atoms with Crippen LogP contribution in [-0.4, -0.2) is 29.8 Å². The van der Waals surface area contributed by atoms with Gasteiger partial charge in [-0.2, -0.15) is 0 Å². The first-order chi connectivity index (χ1) is 17.3. The molecule has 0 bridgehead atoms. The highest BCUT2D eigenvalue weighted by molar-refractivity contribution is 7.92. The second-order valence-electron chi connectivity index (χ2n) is 7.97. The molecule has 1 heterocycles. The Bertz CT molecular complexity index is 1420. The minimum Gasteiger partial charge on any atom is -0.493 e. The Morgan fingerprint density at radius 2 is 1.72 bits per heavy atom. The van der Waals surface area contributed by atoms with Gasteiger partial charge in [-0.15, -0.1) is 10.2 Å². The molecule has 188 valence electrons. The lowest BCUT2D eigenvalue weighted by atomic mass is 10.1. The number of benzene rings is 3. The van der Waals surface area contributed by atoms with E-state index in [0.29, 0.717) is 35.9 Å². The number of aromatic nitrogens is 3. The van der Waals surface area contributed by atoms with E-state index in [1.807, 2.05) is 4.57 Å². The van der Waals surface area contributed by atoms with Crippen molar-refractivity contribution in [3.05, 3.63) is 102 Å². The standard InChI is InChI=1S/C25H23ClF2N4O3S/c1-18(22-5-2-3-6-25(22)35-14-4-13-31-16-29-30-17-31)32(24-15-20(27)9-12-23(24)28)36(33,34)21-10-7-19(26)8-11-21/h2-3,5-12,15-18H,4,13-14H2,1H3/t18-/m1/s1. The van der Waals surface area contributed by atoms with Gasteiger partial charge in [0.25, 0.3) is 10.0 Å². The van der Waals surface area contributed by atoms with Crippen LogP contribution in [0.2, 0.25) is 5.02 Å². The van der Waals surface area contributed by atoms with E-state index in [1.165, 1.54) is 24.3 Å². The van der Waals surface area contributed by atoms with Crippen LogP contribution in [0.4, 0.5) is 14.5 Å². The molecule has 36 heavy (non-hydrogen) atoms. The molecule has 11 heteroatoms. The number of aryl methyl sites for hydroxylation is 1. The number of hydrogen-bond donors (Lipinski definition) is 0. The summed E-state index contributed by atoms with van der Waals surface area (Å²) < 4.78 is 65.3. The first-order valence-electron chi connectivity index (χ1n) is 11.1. The molecule has 0 N–H and O–H groups in total. The third kappa shape index (κ3) is 5.66. The molecule has 0 amide bonds. The van der Waals surface area contributed by atoms with Gasteiger partial charge >= 0.3 is 0 Å². The van der Waals surface area contributed by atoms with Crippen LogP contribution in [0.1, 0.15) is 24.9 Å². The number of rotatable bonds is 10. The van der Waals surface area contributed by atoms with Crippen molar-refractivity contribution >= 4 is 27.3 Å². The molecule has 0 spiro atoms. The van der Waals surface area contributed by atoms with Gasteiger partial charge in [-0.3, -0.25) is 4.31 Å². The Labute approximate surface area is 213 Å². The summed E-state index contributed by atoms with van der Waals surface area (Å²) in [7, 11) is -4.33. The minimum absolute atomic E-state index is 0.116. The molecule has 0 radical (unpaired) electrons. The molecule has 1 aromatic heterocycles. The highest BCUT2D eigenvalue weighted by Crippen LogP contribution is 2.38. The fraction of sp³-hybridized carbons (Fsp3) is 0.200. The van der Waals surface area contributed by atoms with Gasteiger partial charge in [-0.25, -0.2) is 17.2 Å². The summed E-state index contributed by atoms with van der Waals surface area (Å²) in [6.45, 7) is 2.56. The van der Waals surface area contributed by atoms with Crippen LogP contribution in [0.3, 0.4) is 0 Å². The summed E-state index contributed by atoms with van der Waals surface area (Å²) in [5, 5.41) is 7.85. The van der Waals surface area contributed by atoms with E-state index in [1.54, 1.807) is 43.8 Å². The van der Waals surface area contributed by atoms with Crippen molar-refractivity contribution in [3.8, 4) is 5.75 Å². The number of anilines is 1. The Balaban J connectivity index is 1.70. The van der Waals surface area contributed by atoms with Gasteiger partial charge in [0.1, 0.15) is 30.0 Å². The second kappa shape index (κ2) is 11.0. The zero-order chi connectivity index (χ0) is 25.7. The fourth-order valence-electron chi connectivity index (χ4n) is 3.77. The van der Waals surface area contributed by atoms with E-state index in [9.17, 15) is 17.2 Å². The van der Waals surface area contributed by atoms with Crippen LogP contribution >= 0.6 is 11.6 Å². The maximum Gasteiger partial charge on any atom is 0.264 e. The molecule has 0 unspecified atom stereocenters. The highest BCUT2D eigenvalue weighted by Gasteiger charge is 2.34. The van der Waals surface area contributed by atoms with Crippen molar-refractivity contribution in [3.63, 3.8) is 0 Å². The molecule has 0 aliphatic rings. The van der Waals surface area contributed by atoms with Gasteiger partial charge in [0.05, 0.1) is 23.2 Å². The van der Waals surface area contributed by atoms with Crippen molar-refractivity contribution in [2.45, 2.75) is 30.8 Å². The summed E-state index contributed by atoms with van der Waals surface area (Å²) in [5.74, 6) is -1.22. The van der Waals surface area contributed by atoms with E-state index in [0.717, 1.165) is 22.5 Å². The largest absolute Gasteiger partial charge is 0.493 e. The number of halogens is 3. The Morgan fingerprint density at radius 1 is 1.03 bits per heavy atom. The zero-order valence-corrected chi connectivity index (χ0v) is 20.8. The molecule has 1 atom stereocenters. The van der Waals surface area contributed by atoms with Gasteiger partial charge in [0.15, 0.2) is 0 Å². The maximum atomic E-state index is 15.0. The van der Waals surface area contributed by atoms with Gasteiger partial charge < -0.3 is 9.30 Å². The SMILES string of the molecule is C[C@H](c1ccccc1OCCCn1cnnc1)N(c1cc(F)ccc1F)S(=O)(=O)c1ccc(Cl)cc1. The van der Waals surface area contributed by atoms with Crippen molar-refractivity contribution in [2.24, 2.45) is 0 Å².